The van der Waals surface area contributed by atoms with Crippen LogP contribution in [0.1, 0.15) is 50.6 Å². The second kappa shape index (κ2) is 7.83. The first-order valence-corrected chi connectivity index (χ1v) is 9.15. The molecule has 5 nitrogen and oxygen atoms in total. The molecule has 1 aromatic carbocycles. The van der Waals surface area contributed by atoms with E-state index in [4.69, 9.17) is 17.0 Å². The van der Waals surface area contributed by atoms with Crippen LogP contribution in [0, 0.1) is 0 Å². The average molecular weight is 347 g/mol. The Morgan fingerprint density at radius 3 is 2.83 bits per heavy atom. The van der Waals surface area contributed by atoms with Crippen LogP contribution in [-0.2, 0) is 4.74 Å². The summed E-state index contributed by atoms with van der Waals surface area (Å²) in [6, 6.07) is 8.54. The number of ether oxygens (including phenoxy) is 1. The van der Waals surface area contributed by atoms with Crippen molar-refractivity contribution >= 4 is 29.1 Å². The maximum atomic E-state index is 11.7. The van der Waals surface area contributed by atoms with Gasteiger partial charge >= 0.3 is 6.09 Å². The molecule has 24 heavy (non-hydrogen) atoms. The lowest BCUT2D eigenvalue weighted by Crippen LogP contribution is -2.43. The number of carbonyl (C=O) groups is 1. The number of anilines is 1. The first-order chi connectivity index (χ1) is 11.6. The van der Waals surface area contributed by atoms with Crippen LogP contribution in [0.15, 0.2) is 24.3 Å². The number of nitrogens with zero attached hydrogens (tertiary/aromatic N) is 1. The summed E-state index contributed by atoms with van der Waals surface area (Å²) in [5, 5.41) is 7.50. The van der Waals surface area contributed by atoms with Gasteiger partial charge in [-0.1, -0.05) is 31.4 Å². The summed E-state index contributed by atoms with van der Waals surface area (Å²) in [5.41, 5.74) is 1.97. The largest absolute Gasteiger partial charge is 0.447 e. The maximum Gasteiger partial charge on any atom is 0.414 e. The molecule has 1 saturated carbocycles. The molecule has 1 saturated heterocycles. The highest BCUT2D eigenvalue weighted by molar-refractivity contribution is 7.80. The third-order valence-corrected chi connectivity index (χ3v) is 4.97. The molecule has 1 atom stereocenters. The Labute approximate surface area is 148 Å². The molecule has 2 aliphatic rings. The fraction of sp³-hybridized carbons (Fsp3) is 0.556. The summed E-state index contributed by atoms with van der Waals surface area (Å²) >= 11 is 5.46. The van der Waals surface area contributed by atoms with Crippen molar-refractivity contribution in [3.8, 4) is 0 Å². The van der Waals surface area contributed by atoms with Crippen LogP contribution in [0.4, 0.5) is 10.5 Å². The molecular weight excluding hydrogens is 322 g/mol. The molecule has 2 fully saturated rings. The van der Waals surface area contributed by atoms with Crippen LogP contribution in [0.3, 0.4) is 0 Å². The average Bonchev–Trinajstić information content (AvgIpc) is 3.02. The first kappa shape index (κ1) is 17.0. The van der Waals surface area contributed by atoms with Gasteiger partial charge in [-0.2, -0.15) is 0 Å². The van der Waals surface area contributed by atoms with Crippen molar-refractivity contribution in [2.24, 2.45) is 0 Å². The predicted molar refractivity (Wildman–Crippen MR) is 99.3 cm³/mol. The minimum atomic E-state index is -0.276. The van der Waals surface area contributed by atoms with Gasteiger partial charge in [0.2, 0.25) is 0 Å². The summed E-state index contributed by atoms with van der Waals surface area (Å²) in [6.45, 7) is 3.13. The van der Waals surface area contributed by atoms with E-state index in [0.29, 0.717) is 24.3 Å². The monoisotopic (exact) mass is 347 g/mol. The van der Waals surface area contributed by atoms with Crippen LogP contribution in [-0.4, -0.2) is 30.4 Å². The van der Waals surface area contributed by atoms with E-state index in [1.54, 1.807) is 4.90 Å². The number of thiocarbonyl (C=S) groups is 1. The Hall–Kier alpha value is -1.82. The molecule has 0 radical (unpaired) electrons. The number of carbonyl (C=O) groups excluding carboxylic acids is 1. The minimum absolute atomic E-state index is 0.0761. The Bertz CT molecular complexity index is 602. The van der Waals surface area contributed by atoms with Gasteiger partial charge < -0.3 is 15.4 Å². The normalized spacial score (nSPS) is 19.7. The Kier molecular flexibility index (Phi) is 5.56. The third kappa shape index (κ3) is 4.17. The molecule has 6 heteroatoms. The predicted octanol–water partition coefficient (Wildman–Crippen LogP) is 3.50. The highest BCUT2D eigenvalue weighted by atomic mass is 32.1. The Morgan fingerprint density at radius 2 is 2.12 bits per heavy atom. The first-order valence-electron chi connectivity index (χ1n) is 8.75. The summed E-state index contributed by atoms with van der Waals surface area (Å²) in [7, 11) is 0. The number of hydrogen-bond acceptors (Lipinski definition) is 3. The van der Waals surface area contributed by atoms with Crippen molar-refractivity contribution in [2.45, 2.75) is 51.1 Å². The third-order valence-electron chi connectivity index (χ3n) is 4.73. The zero-order valence-electron chi connectivity index (χ0n) is 14.1. The highest BCUT2D eigenvalue weighted by Crippen LogP contribution is 2.23. The lowest BCUT2D eigenvalue weighted by Gasteiger charge is -2.26. The number of benzene rings is 1. The van der Waals surface area contributed by atoms with Crippen LogP contribution in [0.25, 0.3) is 0 Å². The quantitative estimate of drug-likeness (QED) is 0.817. The maximum absolute atomic E-state index is 11.7. The fourth-order valence-electron chi connectivity index (χ4n) is 3.34. The van der Waals surface area contributed by atoms with Gasteiger partial charge in [-0.15, -0.1) is 0 Å². The van der Waals surface area contributed by atoms with E-state index in [9.17, 15) is 4.79 Å². The van der Waals surface area contributed by atoms with Gasteiger partial charge in [0.05, 0.1) is 12.6 Å². The van der Waals surface area contributed by atoms with E-state index in [1.807, 2.05) is 24.3 Å². The van der Waals surface area contributed by atoms with Crippen molar-refractivity contribution in [1.29, 1.82) is 0 Å². The SMILES string of the molecule is CC(NC(=S)NC1CCCCC1)c1cccc(N2CCOC2=O)c1. The summed E-state index contributed by atoms with van der Waals surface area (Å²) in [4.78, 5) is 13.4. The number of nitrogens with one attached hydrogen (secondary N) is 2. The molecule has 1 aromatic rings. The molecule has 0 bridgehead atoms. The van der Waals surface area contributed by atoms with E-state index < -0.39 is 0 Å². The van der Waals surface area contributed by atoms with Gasteiger partial charge in [0.25, 0.3) is 0 Å². The number of rotatable bonds is 4. The van der Waals surface area contributed by atoms with Crippen molar-refractivity contribution in [2.75, 3.05) is 18.1 Å². The van der Waals surface area contributed by atoms with E-state index in [1.165, 1.54) is 32.1 Å². The molecule has 3 rings (SSSR count). The van der Waals surface area contributed by atoms with Gasteiger partial charge in [0, 0.05) is 11.7 Å². The molecule has 0 spiro atoms. The second-order valence-corrected chi connectivity index (χ2v) is 6.94. The molecule has 1 unspecified atom stereocenters. The van der Waals surface area contributed by atoms with Gasteiger partial charge in [-0.3, -0.25) is 4.90 Å². The minimum Gasteiger partial charge on any atom is -0.447 e. The smallest absolute Gasteiger partial charge is 0.414 e. The lowest BCUT2D eigenvalue weighted by molar-refractivity contribution is 0.181. The van der Waals surface area contributed by atoms with Crippen LogP contribution >= 0.6 is 12.2 Å². The molecule has 2 N–H and O–H groups in total. The second-order valence-electron chi connectivity index (χ2n) is 6.54. The molecule has 1 amide bonds. The fourth-order valence-corrected chi connectivity index (χ4v) is 3.69. The van der Waals surface area contributed by atoms with Gasteiger partial charge in [-0.25, -0.2) is 4.79 Å². The molecule has 1 aliphatic carbocycles. The van der Waals surface area contributed by atoms with Crippen molar-refractivity contribution in [1.82, 2.24) is 10.6 Å². The van der Waals surface area contributed by atoms with Gasteiger partial charge in [-0.05, 0) is 49.7 Å². The number of hydrogen-bond donors (Lipinski definition) is 2. The van der Waals surface area contributed by atoms with Crippen molar-refractivity contribution in [3.05, 3.63) is 29.8 Å². The van der Waals surface area contributed by atoms with Gasteiger partial charge in [0.1, 0.15) is 6.61 Å². The van der Waals surface area contributed by atoms with Crippen molar-refractivity contribution < 1.29 is 9.53 Å². The summed E-state index contributed by atoms with van der Waals surface area (Å²) < 4.78 is 5.01. The number of amides is 1. The van der Waals surface area contributed by atoms with Crippen LogP contribution in [0.2, 0.25) is 0 Å². The zero-order chi connectivity index (χ0) is 16.9. The Morgan fingerprint density at radius 1 is 1.33 bits per heavy atom. The Balaban J connectivity index is 1.59. The van der Waals surface area contributed by atoms with Crippen molar-refractivity contribution in [3.63, 3.8) is 0 Å². The lowest BCUT2D eigenvalue weighted by atomic mass is 9.96. The summed E-state index contributed by atoms with van der Waals surface area (Å²) in [5.74, 6) is 0. The topological polar surface area (TPSA) is 53.6 Å². The van der Waals surface area contributed by atoms with Crippen LogP contribution in [0.5, 0.6) is 0 Å². The highest BCUT2D eigenvalue weighted by Gasteiger charge is 2.24. The van der Waals surface area contributed by atoms with E-state index in [0.717, 1.165) is 11.3 Å². The van der Waals surface area contributed by atoms with E-state index in [2.05, 4.69) is 17.6 Å². The summed E-state index contributed by atoms with van der Waals surface area (Å²) in [6.07, 6.45) is 6.02. The van der Waals surface area contributed by atoms with E-state index >= 15 is 0 Å². The molecule has 1 heterocycles. The molecule has 0 aromatic heterocycles. The van der Waals surface area contributed by atoms with E-state index in [-0.39, 0.29) is 12.1 Å². The van der Waals surface area contributed by atoms with Gasteiger partial charge in [0.15, 0.2) is 5.11 Å². The standard InChI is InChI=1S/C18H25N3O2S/c1-13(19-17(24)20-15-7-3-2-4-8-15)14-6-5-9-16(12-14)21-10-11-23-18(21)22/h5-6,9,12-13,15H,2-4,7-8,10-11H2,1H3,(H2,19,20,24). The molecule has 1 aliphatic heterocycles. The number of cyclic esters (lactones) is 1. The molecular formula is C18H25N3O2S. The zero-order valence-corrected chi connectivity index (χ0v) is 14.9. The molecule has 130 valence electrons. The van der Waals surface area contributed by atoms with Crippen LogP contribution < -0.4 is 15.5 Å².